The van der Waals surface area contributed by atoms with Gasteiger partial charge in [-0.1, -0.05) is 73.2 Å². The van der Waals surface area contributed by atoms with Crippen LogP contribution in [0.25, 0.3) is 6.08 Å². The summed E-state index contributed by atoms with van der Waals surface area (Å²) < 4.78 is 0. The van der Waals surface area contributed by atoms with Crippen molar-refractivity contribution in [1.29, 1.82) is 0 Å². The van der Waals surface area contributed by atoms with E-state index in [9.17, 15) is 9.90 Å². The van der Waals surface area contributed by atoms with E-state index in [0.29, 0.717) is 6.42 Å². The van der Waals surface area contributed by atoms with E-state index in [1.165, 1.54) is 6.08 Å². The summed E-state index contributed by atoms with van der Waals surface area (Å²) in [7, 11) is 0. The number of hydrogen-bond acceptors (Lipinski definition) is 5. The number of nitrogens with one attached hydrogen (secondary N) is 1. The molecule has 108 valence electrons. The monoisotopic (exact) mass is 293 g/mol. The number of aliphatic hydroxyl groups excluding tert-OH is 1. The number of benzene rings is 1. The number of carbonyl (C=O) groups excluding carboxylic acids is 1. The first-order valence-corrected chi connectivity index (χ1v) is 6.76. The molecule has 4 nitrogen and oxygen atoms in total. The van der Waals surface area contributed by atoms with E-state index >= 15 is 0 Å². The summed E-state index contributed by atoms with van der Waals surface area (Å²) in [6.07, 6.45) is 6.56. The van der Waals surface area contributed by atoms with Crippen molar-refractivity contribution in [3.8, 4) is 0 Å². The van der Waals surface area contributed by atoms with Crippen LogP contribution in [0.5, 0.6) is 0 Å². The molecule has 0 radical (unpaired) electrons. The van der Waals surface area contributed by atoms with Crippen molar-refractivity contribution in [2.75, 3.05) is 0 Å². The second kappa shape index (κ2) is 9.36. The highest BCUT2D eigenvalue weighted by Crippen LogP contribution is 2.12. The predicted molar refractivity (Wildman–Crippen MR) is 82.6 cm³/mol. The zero-order chi connectivity index (χ0) is 14.8. The lowest BCUT2D eigenvalue weighted by Gasteiger charge is -2.13. The van der Waals surface area contributed by atoms with Crippen LogP contribution in [0.15, 0.2) is 48.6 Å². The van der Waals surface area contributed by atoms with Crippen molar-refractivity contribution < 1.29 is 14.7 Å². The third kappa shape index (κ3) is 6.56. The van der Waals surface area contributed by atoms with Gasteiger partial charge in [-0.05, 0) is 12.0 Å². The van der Waals surface area contributed by atoms with Crippen molar-refractivity contribution in [2.24, 2.45) is 5.92 Å². The first kappa shape index (κ1) is 16.5. The fourth-order valence-corrected chi connectivity index (χ4v) is 1.64. The quantitative estimate of drug-likeness (QED) is 0.411. The molecule has 0 aliphatic carbocycles. The summed E-state index contributed by atoms with van der Waals surface area (Å²) in [5.41, 5.74) is 1.09. The molecule has 0 saturated heterocycles. The lowest BCUT2D eigenvalue weighted by Crippen LogP contribution is -2.14. The van der Waals surface area contributed by atoms with Crippen molar-refractivity contribution in [2.45, 2.75) is 19.4 Å². The van der Waals surface area contributed by atoms with Crippen LogP contribution in [0, 0.1) is 5.92 Å². The molecule has 1 rings (SSSR count). The molecular formula is C15H19NO3S. The Labute approximate surface area is 124 Å². The Morgan fingerprint density at radius 3 is 2.80 bits per heavy atom. The van der Waals surface area contributed by atoms with Crippen LogP contribution in [0.4, 0.5) is 0 Å². The van der Waals surface area contributed by atoms with Crippen LogP contribution in [0.3, 0.4) is 0 Å². The van der Waals surface area contributed by atoms with E-state index in [4.69, 9.17) is 0 Å². The SMILES string of the molecule is C[C@H](/C=C/c1ccccc1)[C@@H](O)C/C=C/C(=O)ONS. The average Bonchev–Trinajstić information content (AvgIpc) is 2.46. The van der Waals surface area contributed by atoms with Gasteiger partial charge in [-0.15, -0.1) is 0 Å². The molecule has 0 spiro atoms. The van der Waals surface area contributed by atoms with Gasteiger partial charge in [-0.25, -0.2) is 4.79 Å². The van der Waals surface area contributed by atoms with Crippen LogP contribution in [-0.2, 0) is 9.63 Å². The second-order valence-electron chi connectivity index (χ2n) is 4.35. The fraction of sp³-hybridized carbons (Fsp3) is 0.267. The molecule has 2 N–H and O–H groups in total. The smallest absolute Gasteiger partial charge is 0.349 e. The fourth-order valence-electron chi connectivity index (χ4n) is 1.55. The average molecular weight is 293 g/mol. The molecule has 0 fully saturated rings. The minimum Gasteiger partial charge on any atom is -0.392 e. The number of aliphatic hydroxyl groups is 1. The first-order valence-electron chi connectivity index (χ1n) is 6.31. The molecular weight excluding hydrogens is 274 g/mol. The Bertz CT molecular complexity index is 459. The van der Waals surface area contributed by atoms with Gasteiger partial charge in [0, 0.05) is 12.0 Å². The molecule has 0 saturated carbocycles. The molecule has 5 heteroatoms. The van der Waals surface area contributed by atoms with E-state index in [0.717, 1.165) is 5.56 Å². The number of thiol groups is 1. The summed E-state index contributed by atoms with van der Waals surface area (Å²) in [5, 5.41) is 9.95. The van der Waals surface area contributed by atoms with Gasteiger partial charge in [-0.2, -0.15) is 0 Å². The topological polar surface area (TPSA) is 58.6 Å². The molecule has 0 unspecified atom stereocenters. The summed E-state index contributed by atoms with van der Waals surface area (Å²) in [5.74, 6) is -0.571. The van der Waals surface area contributed by atoms with Gasteiger partial charge >= 0.3 is 5.97 Å². The third-order valence-electron chi connectivity index (χ3n) is 2.78. The van der Waals surface area contributed by atoms with Gasteiger partial charge in [0.05, 0.1) is 6.10 Å². The van der Waals surface area contributed by atoms with Gasteiger partial charge in [-0.3, -0.25) is 0 Å². The molecule has 0 amide bonds. The zero-order valence-corrected chi connectivity index (χ0v) is 12.2. The Balaban J connectivity index is 2.41. The first-order chi connectivity index (χ1) is 9.63. The highest BCUT2D eigenvalue weighted by molar-refractivity contribution is 7.77. The minimum absolute atomic E-state index is 0.0149. The zero-order valence-electron chi connectivity index (χ0n) is 11.3. The van der Waals surface area contributed by atoms with Crippen LogP contribution in [0.1, 0.15) is 18.9 Å². The maximum atomic E-state index is 11.0. The summed E-state index contributed by atoms with van der Waals surface area (Å²) in [6.45, 7) is 1.92. The summed E-state index contributed by atoms with van der Waals surface area (Å²) >= 11 is 3.53. The summed E-state index contributed by atoms with van der Waals surface area (Å²) in [6, 6.07) is 9.88. The van der Waals surface area contributed by atoms with Crippen molar-refractivity contribution in [3.05, 3.63) is 54.1 Å². The Hall–Kier alpha value is -1.56. The molecule has 20 heavy (non-hydrogen) atoms. The van der Waals surface area contributed by atoms with Crippen LogP contribution in [0.2, 0.25) is 0 Å². The minimum atomic E-state index is -0.556. The van der Waals surface area contributed by atoms with Crippen molar-refractivity contribution >= 4 is 24.9 Å². The van der Waals surface area contributed by atoms with Gasteiger partial charge in [0.1, 0.15) is 0 Å². The van der Waals surface area contributed by atoms with E-state index in [2.05, 4.69) is 17.7 Å². The predicted octanol–water partition coefficient (Wildman–Crippen LogP) is 2.54. The molecule has 2 atom stereocenters. The largest absolute Gasteiger partial charge is 0.392 e. The molecule has 0 aromatic heterocycles. The summed E-state index contributed by atoms with van der Waals surface area (Å²) in [4.78, 5) is 17.4. The highest BCUT2D eigenvalue weighted by atomic mass is 32.1. The third-order valence-corrected chi connectivity index (χ3v) is 2.87. The molecule has 0 heterocycles. The maximum absolute atomic E-state index is 11.0. The second-order valence-corrected chi connectivity index (χ2v) is 4.53. The molecule has 1 aromatic rings. The van der Waals surface area contributed by atoms with Gasteiger partial charge in [0.15, 0.2) is 0 Å². The Morgan fingerprint density at radius 1 is 1.45 bits per heavy atom. The lowest BCUT2D eigenvalue weighted by molar-refractivity contribution is -0.140. The van der Waals surface area contributed by atoms with Crippen molar-refractivity contribution in [1.82, 2.24) is 4.89 Å². The maximum Gasteiger partial charge on any atom is 0.349 e. The number of hydrogen-bond donors (Lipinski definition) is 3. The normalized spacial score (nSPS) is 14.6. The van der Waals surface area contributed by atoms with Gasteiger partial charge in [0.2, 0.25) is 0 Å². The molecule has 0 bridgehead atoms. The Morgan fingerprint density at radius 2 is 2.15 bits per heavy atom. The van der Waals surface area contributed by atoms with E-state index in [1.807, 2.05) is 54.3 Å². The van der Waals surface area contributed by atoms with Crippen LogP contribution < -0.4 is 4.89 Å². The lowest BCUT2D eigenvalue weighted by atomic mass is 10.00. The van der Waals surface area contributed by atoms with Crippen molar-refractivity contribution in [3.63, 3.8) is 0 Å². The van der Waals surface area contributed by atoms with E-state index in [-0.39, 0.29) is 5.92 Å². The molecule has 1 aromatic carbocycles. The molecule has 0 aliphatic rings. The number of carbonyl (C=O) groups is 1. The van der Waals surface area contributed by atoms with Gasteiger partial charge < -0.3 is 9.94 Å². The molecule has 0 aliphatic heterocycles. The Kier molecular flexibility index (Phi) is 7.72. The van der Waals surface area contributed by atoms with Gasteiger partial charge in [0.25, 0.3) is 0 Å². The van der Waals surface area contributed by atoms with E-state index < -0.39 is 12.1 Å². The standard InChI is InChI=1S/C15H19NO3S/c1-12(10-11-13-6-3-2-4-7-13)14(17)8-5-9-15(18)19-16-20/h2-7,9-12,14,16-17,20H,8H2,1H3/b9-5+,11-10+/t12-,14+/m1/s1. The van der Waals surface area contributed by atoms with Crippen LogP contribution in [-0.4, -0.2) is 17.2 Å². The van der Waals surface area contributed by atoms with E-state index in [1.54, 1.807) is 6.08 Å². The highest BCUT2D eigenvalue weighted by Gasteiger charge is 2.09. The van der Waals surface area contributed by atoms with Crippen LogP contribution >= 0.6 is 12.8 Å². The number of rotatable bonds is 7.